The number of aliphatic carboxylic acids is 1. The first-order valence-electron chi connectivity index (χ1n) is 0.908. The van der Waals surface area contributed by atoms with Crippen molar-refractivity contribution in [3.8, 4) is 0 Å². The van der Waals surface area contributed by atoms with Crippen molar-refractivity contribution in [3.63, 3.8) is 0 Å². The Balaban J connectivity index is -0.0000000450. The van der Waals surface area contributed by atoms with E-state index < -0.39 is 5.97 Å². The molecular formula is C2H3NaO2Zn. The Hall–Kier alpha value is 1.09. The smallest absolute Gasteiger partial charge is 0.550 e. The standard InChI is InChI=1S/C2H4O2.Na.Zn/c1-2(3)4;;/h1H3,(H,3,4);;/q;+1;/p-1. The normalized spacial score (nSPS) is 4.17. The van der Waals surface area contributed by atoms with E-state index in [1.165, 1.54) is 0 Å². The molecule has 0 aromatic rings. The van der Waals surface area contributed by atoms with Gasteiger partial charge in [0.15, 0.2) is 0 Å². The Labute approximate surface area is 71.4 Å². The third kappa shape index (κ3) is 71.4. The Morgan fingerprint density at radius 3 is 1.67 bits per heavy atom. The van der Waals surface area contributed by atoms with E-state index in [1.807, 2.05) is 0 Å². The maximum absolute atomic E-state index is 8.89. The van der Waals surface area contributed by atoms with Crippen LogP contribution in [0.4, 0.5) is 0 Å². The average Bonchev–Trinajstić information content (AvgIpc) is 0.811. The van der Waals surface area contributed by atoms with Crippen molar-refractivity contribution in [1.29, 1.82) is 0 Å². The zero-order valence-electron chi connectivity index (χ0n) is 4.02. The van der Waals surface area contributed by atoms with Gasteiger partial charge in [0.2, 0.25) is 0 Å². The predicted molar refractivity (Wildman–Crippen MR) is 10.7 cm³/mol. The molecule has 0 bridgehead atoms. The van der Waals surface area contributed by atoms with E-state index in [0.29, 0.717) is 0 Å². The van der Waals surface area contributed by atoms with Gasteiger partial charge < -0.3 is 9.90 Å². The number of carboxylic acids is 1. The van der Waals surface area contributed by atoms with E-state index in [-0.39, 0.29) is 49.0 Å². The molecular weight excluding hydrogens is 144 g/mol. The van der Waals surface area contributed by atoms with Crippen LogP contribution in [0.1, 0.15) is 6.92 Å². The van der Waals surface area contributed by atoms with Crippen molar-refractivity contribution in [3.05, 3.63) is 0 Å². The van der Waals surface area contributed by atoms with Crippen molar-refractivity contribution in [2.45, 2.75) is 6.92 Å². The van der Waals surface area contributed by atoms with Gasteiger partial charge in [-0.25, -0.2) is 0 Å². The Morgan fingerprint density at radius 2 is 1.67 bits per heavy atom. The van der Waals surface area contributed by atoms with Crippen LogP contribution in [0.2, 0.25) is 0 Å². The summed E-state index contributed by atoms with van der Waals surface area (Å²) in [6, 6.07) is 0. The third-order valence-electron chi connectivity index (χ3n) is 0. The van der Waals surface area contributed by atoms with E-state index in [1.54, 1.807) is 0 Å². The number of carbonyl (C=O) groups excluding carboxylic acids is 1. The molecule has 0 fully saturated rings. The van der Waals surface area contributed by atoms with Crippen LogP contribution in [0.25, 0.3) is 0 Å². The summed E-state index contributed by atoms with van der Waals surface area (Å²) in [6.07, 6.45) is 0. The van der Waals surface area contributed by atoms with E-state index in [0.717, 1.165) is 6.92 Å². The molecule has 0 spiro atoms. The Bertz CT molecular complexity index is 34.5. The van der Waals surface area contributed by atoms with Crippen LogP contribution in [-0.2, 0) is 24.3 Å². The minimum atomic E-state index is -1.08. The van der Waals surface area contributed by atoms with Crippen molar-refractivity contribution >= 4 is 5.97 Å². The second-order valence-corrected chi connectivity index (χ2v) is 0.492. The number of hydrogen-bond acceptors (Lipinski definition) is 2. The van der Waals surface area contributed by atoms with Crippen molar-refractivity contribution in [2.75, 3.05) is 0 Å². The molecule has 0 saturated heterocycles. The van der Waals surface area contributed by atoms with Gasteiger partial charge in [0.1, 0.15) is 0 Å². The number of carbonyl (C=O) groups is 1. The minimum absolute atomic E-state index is 0. The molecule has 0 aromatic carbocycles. The van der Waals surface area contributed by atoms with Gasteiger partial charge in [-0.3, -0.25) is 0 Å². The molecule has 4 heteroatoms. The van der Waals surface area contributed by atoms with Gasteiger partial charge in [-0.15, -0.1) is 0 Å². The van der Waals surface area contributed by atoms with Crippen LogP contribution in [0.15, 0.2) is 0 Å². The van der Waals surface area contributed by atoms with Crippen LogP contribution in [0, 0.1) is 0 Å². The fourth-order valence-corrected chi connectivity index (χ4v) is 0. The summed E-state index contributed by atoms with van der Waals surface area (Å²) in [5, 5.41) is 8.89. The molecule has 0 aromatic heterocycles. The van der Waals surface area contributed by atoms with Crippen molar-refractivity contribution in [1.82, 2.24) is 0 Å². The van der Waals surface area contributed by atoms with Crippen LogP contribution < -0.4 is 34.7 Å². The largest absolute Gasteiger partial charge is 1.00 e. The van der Waals surface area contributed by atoms with Crippen molar-refractivity contribution < 1.29 is 58.9 Å². The second kappa shape index (κ2) is 9.43. The minimum Gasteiger partial charge on any atom is -0.550 e. The van der Waals surface area contributed by atoms with Gasteiger partial charge in [-0.1, -0.05) is 0 Å². The van der Waals surface area contributed by atoms with E-state index in [4.69, 9.17) is 9.90 Å². The number of hydrogen-bond donors (Lipinski definition) is 0. The molecule has 0 saturated carbocycles. The van der Waals surface area contributed by atoms with Crippen LogP contribution in [0.5, 0.6) is 0 Å². The summed E-state index contributed by atoms with van der Waals surface area (Å²) in [6.45, 7) is 0.972. The van der Waals surface area contributed by atoms with Gasteiger partial charge in [-0.05, 0) is 6.92 Å². The average molecular weight is 147 g/mol. The zero-order chi connectivity index (χ0) is 3.58. The molecule has 0 atom stereocenters. The van der Waals surface area contributed by atoms with Crippen molar-refractivity contribution in [2.24, 2.45) is 0 Å². The fraction of sp³-hybridized carbons (Fsp3) is 0.500. The maximum Gasteiger partial charge on any atom is 1.00 e. The fourth-order valence-electron chi connectivity index (χ4n) is 0. The van der Waals surface area contributed by atoms with Crippen LogP contribution >= 0.6 is 0 Å². The monoisotopic (exact) mass is 146 g/mol. The first kappa shape index (κ1) is 15.7. The zero-order valence-corrected chi connectivity index (χ0v) is 8.99. The molecule has 0 rings (SSSR count). The first-order valence-corrected chi connectivity index (χ1v) is 0.908. The van der Waals surface area contributed by atoms with Gasteiger partial charge in [0, 0.05) is 25.4 Å². The molecule has 0 aliphatic carbocycles. The van der Waals surface area contributed by atoms with Gasteiger partial charge in [0.05, 0.1) is 0 Å². The molecule has 2 nitrogen and oxygen atoms in total. The molecule has 0 unspecified atom stereocenters. The summed E-state index contributed by atoms with van der Waals surface area (Å²) in [5.74, 6) is -1.08. The Morgan fingerprint density at radius 1 is 1.67 bits per heavy atom. The summed E-state index contributed by atoms with van der Waals surface area (Å²) in [7, 11) is 0. The topological polar surface area (TPSA) is 40.1 Å². The van der Waals surface area contributed by atoms with Gasteiger partial charge in [-0.2, -0.15) is 0 Å². The predicted octanol–water partition coefficient (Wildman–Crippen LogP) is -4.24. The van der Waals surface area contributed by atoms with E-state index in [9.17, 15) is 0 Å². The maximum atomic E-state index is 8.89. The summed E-state index contributed by atoms with van der Waals surface area (Å²) >= 11 is 0. The molecule has 0 amide bonds. The number of carboxylic acid groups (broad SMARTS) is 1. The molecule has 0 heterocycles. The molecule has 26 valence electrons. The van der Waals surface area contributed by atoms with Gasteiger partial charge >= 0.3 is 29.6 Å². The summed E-state index contributed by atoms with van der Waals surface area (Å²) < 4.78 is 0. The van der Waals surface area contributed by atoms with E-state index in [2.05, 4.69) is 0 Å². The number of rotatable bonds is 0. The van der Waals surface area contributed by atoms with Crippen LogP contribution in [-0.4, -0.2) is 5.97 Å². The molecule has 6 heavy (non-hydrogen) atoms. The second-order valence-electron chi connectivity index (χ2n) is 0.492. The first-order chi connectivity index (χ1) is 1.73. The van der Waals surface area contributed by atoms with E-state index >= 15 is 0 Å². The summed E-state index contributed by atoms with van der Waals surface area (Å²) in [4.78, 5) is 8.89. The molecule has 0 radical (unpaired) electrons. The molecule has 0 N–H and O–H groups in total. The Kier molecular flexibility index (Phi) is 24.7. The van der Waals surface area contributed by atoms with Crippen LogP contribution in [0.3, 0.4) is 0 Å². The van der Waals surface area contributed by atoms with Gasteiger partial charge in [0.25, 0.3) is 0 Å². The third-order valence-corrected chi connectivity index (χ3v) is 0. The molecule has 0 aliphatic heterocycles. The quantitative estimate of drug-likeness (QED) is 0.326. The summed E-state index contributed by atoms with van der Waals surface area (Å²) in [5.41, 5.74) is 0. The molecule has 0 aliphatic rings. The SMILES string of the molecule is CC(=O)[O-].[Na+].[Zn].